The van der Waals surface area contributed by atoms with E-state index in [1.807, 2.05) is 14.4 Å². The number of unbranched alkanes of at least 4 members (excludes halogenated alkanes) is 25. The second-order valence-corrected chi connectivity index (χ2v) is 23.3. The summed E-state index contributed by atoms with van der Waals surface area (Å²) in [6, 6.07) is 9.81. The molecule has 0 N–H and O–H groups in total. The van der Waals surface area contributed by atoms with Crippen LogP contribution in [0, 0.1) is 0 Å². The van der Waals surface area contributed by atoms with Crippen molar-refractivity contribution >= 4 is 11.4 Å². The van der Waals surface area contributed by atoms with Crippen molar-refractivity contribution in [3.05, 3.63) is 86.0 Å². The van der Waals surface area contributed by atoms with Gasteiger partial charge in [0.25, 0.3) is 0 Å². The molecule has 1 aliphatic heterocycles. The molecule has 0 unspecified atom stereocenters. The number of hydrogen-bond acceptors (Lipinski definition) is 0. The molecule has 2 aromatic carbocycles. The van der Waals surface area contributed by atoms with Crippen molar-refractivity contribution in [1.82, 2.24) is 0 Å². The molecule has 0 radical (unpaired) electrons. The van der Waals surface area contributed by atoms with Gasteiger partial charge in [0.2, 0.25) is 11.4 Å². The maximum atomic E-state index is 12.2. The molecule has 0 atom stereocenters. The van der Waals surface area contributed by atoms with Gasteiger partial charge in [0, 0.05) is 22.8 Å². The Morgan fingerprint density at radius 1 is 0.324 bits per heavy atom. The third kappa shape index (κ3) is 27.4. The minimum atomic E-state index is 0.971. The van der Waals surface area contributed by atoms with Gasteiger partial charge in [-0.15, -0.1) is 0 Å². The molecule has 0 amide bonds. The molecular weight excluding hydrogens is 903 g/mol. The molecule has 2 aromatic rings. The van der Waals surface area contributed by atoms with Gasteiger partial charge < -0.3 is 5.53 Å². The van der Waals surface area contributed by atoms with E-state index in [1.54, 1.807) is 15.8 Å². The van der Waals surface area contributed by atoms with Crippen LogP contribution in [0.2, 0.25) is 10.8 Å². The molecule has 0 fully saturated rings. The number of hydrogen-bond donors (Lipinski definition) is 0. The van der Waals surface area contributed by atoms with Crippen molar-refractivity contribution in [3.8, 4) is 0 Å². The van der Waals surface area contributed by atoms with Gasteiger partial charge in [0.1, 0.15) is 0 Å². The van der Waals surface area contributed by atoms with E-state index in [2.05, 4.69) is 92.7 Å². The standard InChI is InChI=1S/C44H68N2.2C12H25.Ni/c1-8-15-22-34-29-39(30-35(23-16-9-2)41(34)27-20-13-6)43-33-38(26-19-12-5)44(46(43)45)40-31-36(24-17-10-3)42(28-21-14-7)37(32-40)25-18-11-4;2*1-3-5-7-9-11-12-10-8-6-4-2;/h29-33H,8-28H2,1-7H3;2*1,3-12H2,2H3;. The van der Waals surface area contributed by atoms with Gasteiger partial charge in [-0.05, 0) is 148 Å². The van der Waals surface area contributed by atoms with Gasteiger partial charge in [-0.3, -0.25) is 0 Å². The molecule has 0 aliphatic carbocycles. The first kappa shape index (κ1) is 65.1. The summed E-state index contributed by atoms with van der Waals surface area (Å²) >= 11 is 2.03. The van der Waals surface area contributed by atoms with Gasteiger partial charge in [-0.25, -0.2) is 4.70 Å². The molecule has 3 heteroatoms. The first-order valence-corrected chi connectivity index (χ1v) is 33.0. The SMILES string of the molecule is CCCCC1=C(c2cc(CCCC)c(CCCC)c(CCCC)c2)[N+](=[N-])C(c2cc(CCCC)c(CCCC)c(CCCC)c2)=C1.CCCCCCCCCCC[CH2][Ni][CH2]CCCCCCCCCCC. The van der Waals surface area contributed by atoms with Gasteiger partial charge >= 0.3 is 167 Å². The molecule has 0 bridgehead atoms. The molecule has 0 spiro atoms. The van der Waals surface area contributed by atoms with E-state index in [4.69, 9.17) is 0 Å². The Kier molecular flexibility index (Phi) is 40.7. The predicted octanol–water partition coefficient (Wildman–Crippen LogP) is 23.5. The third-order valence-electron chi connectivity index (χ3n) is 15.2. The van der Waals surface area contributed by atoms with Crippen LogP contribution in [-0.4, -0.2) is 4.70 Å². The molecule has 3 rings (SSSR count). The molecule has 71 heavy (non-hydrogen) atoms. The minimum absolute atomic E-state index is 0.971. The Morgan fingerprint density at radius 2 is 0.606 bits per heavy atom. The summed E-state index contributed by atoms with van der Waals surface area (Å²) in [6.07, 6.45) is 56.4. The summed E-state index contributed by atoms with van der Waals surface area (Å²) in [5.74, 6) is 0. The van der Waals surface area contributed by atoms with Crippen molar-refractivity contribution in [3.63, 3.8) is 0 Å². The van der Waals surface area contributed by atoms with Crippen molar-refractivity contribution < 1.29 is 19.1 Å². The van der Waals surface area contributed by atoms with E-state index in [9.17, 15) is 5.53 Å². The number of rotatable bonds is 45. The second kappa shape index (κ2) is 44.3. The van der Waals surface area contributed by atoms with E-state index >= 15 is 0 Å². The monoisotopic (exact) mass is 1020 g/mol. The Morgan fingerprint density at radius 3 is 0.944 bits per heavy atom. The van der Waals surface area contributed by atoms with E-state index in [0.717, 1.165) is 56.3 Å². The number of benzene rings is 2. The van der Waals surface area contributed by atoms with Crippen molar-refractivity contribution in [2.75, 3.05) is 0 Å². The van der Waals surface area contributed by atoms with E-state index in [-0.39, 0.29) is 0 Å². The Bertz CT molecular complexity index is 1620. The predicted molar refractivity (Wildman–Crippen MR) is 316 cm³/mol. The van der Waals surface area contributed by atoms with Crippen LogP contribution in [0.4, 0.5) is 0 Å². The third-order valence-corrected chi connectivity index (χ3v) is 16.6. The van der Waals surface area contributed by atoms with Crippen LogP contribution in [0.1, 0.15) is 332 Å². The summed E-state index contributed by atoms with van der Waals surface area (Å²) in [4.78, 5) is 0. The fourth-order valence-electron chi connectivity index (χ4n) is 10.6. The molecular formula is C68H118N2Ni. The fraction of sp³-hybridized carbons (Fsp3) is 0.765. The topological polar surface area (TPSA) is 25.3 Å². The molecule has 0 aromatic heterocycles. The Balaban J connectivity index is 0.000000586. The van der Waals surface area contributed by atoms with Crippen molar-refractivity contribution in [2.24, 2.45) is 0 Å². The van der Waals surface area contributed by atoms with Crippen LogP contribution < -0.4 is 0 Å². The summed E-state index contributed by atoms with van der Waals surface area (Å²) in [5, 5.41) is 2.86. The van der Waals surface area contributed by atoms with Gasteiger partial charge in [-0.1, -0.05) is 93.4 Å². The summed E-state index contributed by atoms with van der Waals surface area (Å²) in [7, 11) is 0. The molecule has 2 nitrogen and oxygen atoms in total. The average molecular weight is 1020 g/mol. The summed E-state index contributed by atoms with van der Waals surface area (Å²) < 4.78 is 1.59. The first-order chi connectivity index (χ1) is 34.9. The van der Waals surface area contributed by atoms with Crippen LogP contribution in [0.3, 0.4) is 0 Å². The zero-order chi connectivity index (χ0) is 51.6. The van der Waals surface area contributed by atoms with E-state index in [1.165, 1.54) is 268 Å². The zero-order valence-electron chi connectivity index (χ0n) is 49.0. The van der Waals surface area contributed by atoms with Crippen LogP contribution in [-0.2, 0) is 53.0 Å². The van der Waals surface area contributed by atoms with Gasteiger partial charge in [0.15, 0.2) is 0 Å². The maximum absolute atomic E-state index is 12.2. The quantitative estimate of drug-likeness (QED) is 0.0359. The fourth-order valence-corrected chi connectivity index (χ4v) is 11.8. The number of aryl methyl sites for hydroxylation is 4. The second-order valence-electron chi connectivity index (χ2n) is 21.8. The summed E-state index contributed by atoms with van der Waals surface area (Å²) in [5.41, 5.74) is 27.2. The number of nitrogens with zero attached hydrogens (tertiary/aromatic N) is 2. The molecule has 0 saturated heterocycles. The Hall–Kier alpha value is -1.99. The van der Waals surface area contributed by atoms with Crippen molar-refractivity contribution in [2.45, 2.75) is 336 Å². The van der Waals surface area contributed by atoms with E-state index in [0.29, 0.717) is 0 Å². The van der Waals surface area contributed by atoms with Crippen molar-refractivity contribution in [1.29, 1.82) is 0 Å². The van der Waals surface area contributed by atoms with Crippen LogP contribution in [0.15, 0.2) is 35.9 Å². The molecule has 1 aliphatic rings. The zero-order valence-corrected chi connectivity index (χ0v) is 50.0. The first-order valence-electron chi connectivity index (χ1n) is 31.6. The molecule has 0 saturated carbocycles. The Labute approximate surface area is 450 Å². The van der Waals surface area contributed by atoms with Gasteiger partial charge in [-0.2, -0.15) is 0 Å². The normalized spacial score (nSPS) is 12.6. The van der Waals surface area contributed by atoms with E-state index < -0.39 is 0 Å². The molecule has 410 valence electrons. The van der Waals surface area contributed by atoms with Crippen LogP contribution in [0.5, 0.6) is 0 Å². The summed E-state index contributed by atoms with van der Waals surface area (Å²) in [6.45, 7) is 20.7. The average Bonchev–Trinajstić information content (AvgIpc) is 3.72. The van der Waals surface area contributed by atoms with Crippen LogP contribution in [0.25, 0.3) is 16.9 Å². The van der Waals surface area contributed by atoms with Gasteiger partial charge in [0.05, 0.1) is 0 Å². The van der Waals surface area contributed by atoms with Crippen LogP contribution >= 0.6 is 0 Å². The number of allylic oxidation sites excluding steroid dienone is 2. The molecule has 1 heterocycles.